The lowest BCUT2D eigenvalue weighted by Gasteiger charge is -2.18. The Kier molecular flexibility index (Phi) is 6.19. The van der Waals surface area contributed by atoms with Crippen molar-refractivity contribution in [2.24, 2.45) is 0 Å². The van der Waals surface area contributed by atoms with Crippen molar-refractivity contribution in [1.82, 2.24) is 4.98 Å². The van der Waals surface area contributed by atoms with Crippen molar-refractivity contribution in [2.45, 2.75) is 26.9 Å². The number of hydrogen-bond donors (Lipinski definition) is 1. The maximum Gasteiger partial charge on any atom is 0.351 e. The number of carbonyl (C=O) groups excluding carboxylic acids is 3. The van der Waals surface area contributed by atoms with Gasteiger partial charge in [0.1, 0.15) is 4.88 Å². The minimum absolute atomic E-state index is 0.108. The highest BCUT2D eigenvalue weighted by Gasteiger charge is 2.27. The Bertz CT molecular complexity index is 1060. The fourth-order valence-corrected chi connectivity index (χ4v) is 3.61. The molecule has 0 aliphatic rings. The number of carbonyl (C=O) groups is 3. The molecule has 6 nitrogen and oxygen atoms in total. The van der Waals surface area contributed by atoms with Gasteiger partial charge in [0, 0.05) is 16.8 Å². The van der Waals surface area contributed by atoms with E-state index >= 15 is 0 Å². The lowest BCUT2D eigenvalue weighted by molar-refractivity contribution is -0.125. The Hall–Kier alpha value is -3.32. The predicted octanol–water partition coefficient (Wildman–Crippen LogP) is 4.50. The average molecular weight is 408 g/mol. The number of Topliss-reactive ketones (excluding diaryl/α,β-unsaturated/α-hetero) is 1. The zero-order chi connectivity index (χ0) is 21.0. The number of benzene rings is 2. The van der Waals surface area contributed by atoms with E-state index in [2.05, 4.69) is 10.3 Å². The van der Waals surface area contributed by atoms with E-state index in [1.54, 1.807) is 62.4 Å². The number of hydrogen-bond acceptors (Lipinski definition) is 6. The van der Waals surface area contributed by atoms with E-state index in [0.717, 1.165) is 5.01 Å². The summed E-state index contributed by atoms with van der Waals surface area (Å²) in [5.74, 6) is -1.22. The van der Waals surface area contributed by atoms with Gasteiger partial charge in [0.2, 0.25) is 6.10 Å². The zero-order valence-corrected chi connectivity index (χ0v) is 17.1. The molecule has 1 N–H and O–H groups in total. The van der Waals surface area contributed by atoms with Crippen molar-refractivity contribution >= 4 is 34.7 Å². The molecule has 7 heteroatoms. The molecule has 0 saturated heterocycles. The molecule has 148 valence electrons. The normalized spacial score (nSPS) is 11.6. The lowest BCUT2D eigenvalue weighted by atomic mass is 10.1. The van der Waals surface area contributed by atoms with Crippen LogP contribution in [0.25, 0.3) is 0 Å². The van der Waals surface area contributed by atoms with Crippen molar-refractivity contribution in [2.75, 3.05) is 5.32 Å². The van der Waals surface area contributed by atoms with E-state index in [1.165, 1.54) is 18.3 Å². The van der Waals surface area contributed by atoms with Gasteiger partial charge in [-0.3, -0.25) is 9.59 Å². The molecule has 0 bridgehead atoms. The number of esters is 1. The highest BCUT2D eigenvalue weighted by atomic mass is 32.1. The molecule has 3 rings (SSSR count). The second-order valence-electron chi connectivity index (χ2n) is 6.47. The lowest BCUT2D eigenvalue weighted by Crippen LogP contribution is -2.26. The zero-order valence-electron chi connectivity index (χ0n) is 16.3. The van der Waals surface area contributed by atoms with Gasteiger partial charge in [-0.2, -0.15) is 0 Å². The van der Waals surface area contributed by atoms with Gasteiger partial charge in [0.15, 0.2) is 5.78 Å². The third-order valence-electron chi connectivity index (χ3n) is 4.19. The summed E-state index contributed by atoms with van der Waals surface area (Å²) in [4.78, 5) is 41.8. The van der Waals surface area contributed by atoms with Gasteiger partial charge < -0.3 is 10.1 Å². The van der Waals surface area contributed by atoms with Gasteiger partial charge >= 0.3 is 5.97 Å². The first-order valence-electron chi connectivity index (χ1n) is 8.97. The first-order chi connectivity index (χ1) is 13.8. The smallest absolute Gasteiger partial charge is 0.351 e. The molecule has 0 aliphatic carbocycles. The molecule has 1 amide bonds. The van der Waals surface area contributed by atoms with Crippen LogP contribution in [0.5, 0.6) is 0 Å². The number of anilines is 1. The number of aryl methyl sites for hydroxylation is 2. The van der Waals surface area contributed by atoms with Crippen LogP contribution < -0.4 is 5.32 Å². The van der Waals surface area contributed by atoms with Gasteiger partial charge in [-0.1, -0.05) is 42.5 Å². The Balaban J connectivity index is 1.86. The van der Waals surface area contributed by atoms with E-state index < -0.39 is 18.0 Å². The fraction of sp³-hybridized carbons (Fsp3) is 0.182. The molecule has 29 heavy (non-hydrogen) atoms. The summed E-state index contributed by atoms with van der Waals surface area (Å²) in [5, 5.41) is 3.48. The number of thiazole rings is 1. The van der Waals surface area contributed by atoms with Gasteiger partial charge in [-0.05, 0) is 32.9 Å². The van der Waals surface area contributed by atoms with Crippen LogP contribution in [0.2, 0.25) is 0 Å². The van der Waals surface area contributed by atoms with Crippen LogP contribution in [-0.4, -0.2) is 22.6 Å². The van der Waals surface area contributed by atoms with Crippen LogP contribution in [0.15, 0.2) is 54.6 Å². The van der Waals surface area contributed by atoms with E-state index in [0.29, 0.717) is 27.4 Å². The summed E-state index contributed by atoms with van der Waals surface area (Å²) >= 11 is 1.23. The first-order valence-corrected chi connectivity index (χ1v) is 9.78. The molecular weight excluding hydrogens is 388 g/mol. The molecule has 1 atom stereocenters. The molecule has 0 radical (unpaired) electrons. The number of amides is 1. The summed E-state index contributed by atoms with van der Waals surface area (Å²) in [5.41, 5.74) is 2.04. The average Bonchev–Trinajstić information content (AvgIpc) is 3.05. The molecule has 1 aromatic heterocycles. The van der Waals surface area contributed by atoms with Gasteiger partial charge in [0.05, 0.1) is 10.7 Å². The molecule has 1 heterocycles. The molecule has 1 unspecified atom stereocenters. The molecule has 2 aromatic carbocycles. The third kappa shape index (κ3) is 4.94. The summed E-state index contributed by atoms with van der Waals surface area (Å²) in [6.45, 7) is 4.98. The van der Waals surface area contributed by atoms with Crippen molar-refractivity contribution in [3.8, 4) is 0 Å². The standard InChI is InChI=1S/C22H20N2O4S/c1-13-20(29-15(3)23-13)22(27)28-19(16-8-5-4-6-9-16)21(26)24-18-11-7-10-17(12-18)14(2)25/h4-12,19H,1-3H3,(H,24,26). The maximum absolute atomic E-state index is 13.0. The highest BCUT2D eigenvalue weighted by molar-refractivity contribution is 7.13. The van der Waals surface area contributed by atoms with Crippen LogP contribution in [0, 0.1) is 13.8 Å². The number of rotatable bonds is 6. The number of aromatic nitrogens is 1. The largest absolute Gasteiger partial charge is 0.443 e. The number of ether oxygens (including phenoxy) is 1. The Morgan fingerprint density at radius 3 is 2.38 bits per heavy atom. The van der Waals surface area contributed by atoms with E-state index in [9.17, 15) is 14.4 Å². The molecule has 3 aromatic rings. The van der Waals surface area contributed by atoms with E-state index in [-0.39, 0.29) is 5.78 Å². The minimum atomic E-state index is -1.15. The molecular formula is C22H20N2O4S. The SMILES string of the molecule is CC(=O)c1cccc(NC(=O)C(OC(=O)c2sc(C)nc2C)c2ccccc2)c1. The van der Waals surface area contributed by atoms with Crippen LogP contribution in [0.4, 0.5) is 5.69 Å². The fourth-order valence-electron chi connectivity index (χ4n) is 2.81. The minimum Gasteiger partial charge on any atom is -0.443 e. The van der Waals surface area contributed by atoms with Gasteiger partial charge in [0.25, 0.3) is 5.91 Å². The Morgan fingerprint density at radius 2 is 1.76 bits per heavy atom. The number of nitrogens with one attached hydrogen (secondary N) is 1. The van der Waals surface area contributed by atoms with Crippen LogP contribution in [0.3, 0.4) is 0 Å². The van der Waals surface area contributed by atoms with E-state index in [1.807, 2.05) is 6.07 Å². The second-order valence-corrected chi connectivity index (χ2v) is 7.67. The van der Waals surface area contributed by atoms with Gasteiger partial charge in [-0.25, -0.2) is 9.78 Å². The van der Waals surface area contributed by atoms with Crippen molar-refractivity contribution < 1.29 is 19.1 Å². The summed E-state index contributed by atoms with van der Waals surface area (Å²) in [7, 11) is 0. The van der Waals surface area contributed by atoms with Crippen LogP contribution in [-0.2, 0) is 9.53 Å². The summed E-state index contributed by atoms with van der Waals surface area (Å²) < 4.78 is 5.58. The Labute approximate surface area is 172 Å². The van der Waals surface area contributed by atoms with Crippen LogP contribution >= 0.6 is 11.3 Å². The predicted molar refractivity (Wildman–Crippen MR) is 111 cm³/mol. The molecule has 0 saturated carbocycles. The first kappa shape index (κ1) is 20.4. The molecule has 0 spiro atoms. The second kappa shape index (κ2) is 8.79. The van der Waals surface area contributed by atoms with Gasteiger partial charge in [-0.15, -0.1) is 11.3 Å². The van der Waals surface area contributed by atoms with Crippen molar-refractivity contribution in [3.05, 3.63) is 81.3 Å². The number of nitrogens with zero attached hydrogens (tertiary/aromatic N) is 1. The summed E-state index contributed by atoms with van der Waals surface area (Å²) in [6, 6.07) is 15.4. The van der Waals surface area contributed by atoms with Crippen molar-refractivity contribution in [1.29, 1.82) is 0 Å². The monoisotopic (exact) mass is 408 g/mol. The third-order valence-corrected chi connectivity index (χ3v) is 5.24. The summed E-state index contributed by atoms with van der Waals surface area (Å²) in [6.07, 6.45) is -1.15. The highest BCUT2D eigenvalue weighted by Crippen LogP contribution is 2.25. The maximum atomic E-state index is 13.0. The topological polar surface area (TPSA) is 85.4 Å². The van der Waals surface area contributed by atoms with E-state index in [4.69, 9.17) is 4.74 Å². The van der Waals surface area contributed by atoms with Crippen molar-refractivity contribution in [3.63, 3.8) is 0 Å². The van der Waals surface area contributed by atoms with Crippen LogP contribution in [0.1, 0.15) is 49.3 Å². The molecule has 0 aliphatic heterocycles. The Morgan fingerprint density at radius 1 is 1.03 bits per heavy atom. The molecule has 0 fully saturated rings. The number of ketones is 1. The quantitative estimate of drug-likeness (QED) is 0.479.